The van der Waals surface area contributed by atoms with Gasteiger partial charge in [0.05, 0.1) is 19.8 Å². The number of anilines is 1. The van der Waals surface area contributed by atoms with Crippen LogP contribution in [0.25, 0.3) is 0 Å². The third kappa shape index (κ3) is 3.16. The first-order valence-electron chi connectivity index (χ1n) is 8.68. The maximum Gasteiger partial charge on any atom is 0.340 e. The molecule has 2 aromatic rings. The van der Waals surface area contributed by atoms with Crippen LogP contribution in [0.15, 0.2) is 36.4 Å². The highest BCUT2D eigenvalue weighted by molar-refractivity contribution is 6.02. The van der Waals surface area contributed by atoms with Crippen LogP contribution in [0.2, 0.25) is 0 Å². The highest BCUT2D eigenvalue weighted by Crippen LogP contribution is 2.40. The highest BCUT2D eigenvalue weighted by atomic mass is 16.5. The summed E-state index contributed by atoms with van der Waals surface area (Å²) in [6.45, 7) is 2.45. The van der Waals surface area contributed by atoms with Crippen molar-refractivity contribution in [2.24, 2.45) is 0 Å². The molecule has 0 saturated heterocycles. The molecular weight excluding hydrogens is 348 g/mol. The van der Waals surface area contributed by atoms with Gasteiger partial charge in [-0.1, -0.05) is 25.1 Å². The van der Waals surface area contributed by atoms with E-state index in [4.69, 9.17) is 9.47 Å². The summed E-state index contributed by atoms with van der Waals surface area (Å²) in [7, 11) is 2.85. The van der Waals surface area contributed by atoms with Gasteiger partial charge >= 0.3 is 5.97 Å². The molecule has 142 valence electrons. The van der Waals surface area contributed by atoms with Crippen LogP contribution >= 0.6 is 0 Å². The van der Waals surface area contributed by atoms with E-state index in [1.54, 1.807) is 23.1 Å². The van der Waals surface area contributed by atoms with Crippen molar-refractivity contribution in [2.45, 2.75) is 19.5 Å². The van der Waals surface area contributed by atoms with Crippen molar-refractivity contribution < 1.29 is 24.2 Å². The van der Waals surface area contributed by atoms with Gasteiger partial charge in [0.2, 0.25) is 0 Å². The SMILES string of the molecule is CCCN1C(=O)c2ccccc2N[C@@H]1c1ccc(OC)c(OC)c1C(=O)O. The molecule has 1 aliphatic rings. The minimum atomic E-state index is -1.15. The standard InChI is InChI=1S/C20H22N2O5/c1-4-11-22-18(21-14-8-6-5-7-12(14)19(22)23)13-9-10-15(26-2)17(27-3)16(13)20(24)25/h5-10,18,21H,4,11H2,1-3H3,(H,24,25)/t18-/m0/s1. The van der Waals surface area contributed by atoms with Crippen molar-refractivity contribution in [1.82, 2.24) is 4.90 Å². The van der Waals surface area contributed by atoms with E-state index >= 15 is 0 Å². The van der Waals surface area contributed by atoms with Crippen LogP contribution in [-0.2, 0) is 0 Å². The monoisotopic (exact) mass is 370 g/mol. The minimum Gasteiger partial charge on any atom is -0.493 e. The molecule has 3 rings (SSSR count). The lowest BCUT2D eigenvalue weighted by molar-refractivity contribution is 0.0651. The molecule has 1 heterocycles. The van der Waals surface area contributed by atoms with E-state index in [9.17, 15) is 14.7 Å². The fraction of sp³-hybridized carbons (Fsp3) is 0.300. The van der Waals surface area contributed by atoms with Crippen LogP contribution in [0.1, 0.15) is 45.8 Å². The lowest BCUT2D eigenvalue weighted by atomic mass is 9.98. The van der Waals surface area contributed by atoms with Gasteiger partial charge in [-0.2, -0.15) is 0 Å². The molecule has 0 aromatic heterocycles. The van der Waals surface area contributed by atoms with Crippen molar-refractivity contribution >= 4 is 17.6 Å². The van der Waals surface area contributed by atoms with Gasteiger partial charge in [-0.15, -0.1) is 0 Å². The largest absolute Gasteiger partial charge is 0.493 e. The molecule has 2 N–H and O–H groups in total. The van der Waals surface area contributed by atoms with Crippen molar-refractivity contribution in [3.8, 4) is 11.5 Å². The van der Waals surface area contributed by atoms with E-state index < -0.39 is 12.1 Å². The van der Waals surface area contributed by atoms with Gasteiger partial charge < -0.3 is 24.8 Å². The Labute approximate surface area is 157 Å². The van der Waals surface area contributed by atoms with Crippen LogP contribution in [0.5, 0.6) is 11.5 Å². The zero-order chi connectivity index (χ0) is 19.6. The summed E-state index contributed by atoms with van der Waals surface area (Å²) in [5.41, 5.74) is 1.66. The Kier molecular flexibility index (Phi) is 5.21. The van der Waals surface area contributed by atoms with Gasteiger partial charge in [0.1, 0.15) is 11.7 Å². The number of methoxy groups -OCH3 is 2. The summed E-state index contributed by atoms with van der Waals surface area (Å²) in [5.74, 6) is -0.831. The number of rotatable bonds is 6. The number of carbonyl (C=O) groups excluding carboxylic acids is 1. The second kappa shape index (κ2) is 7.57. The van der Waals surface area contributed by atoms with E-state index in [-0.39, 0.29) is 17.2 Å². The number of carbonyl (C=O) groups is 2. The van der Waals surface area contributed by atoms with Crippen LogP contribution in [0.3, 0.4) is 0 Å². The Hall–Kier alpha value is -3.22. The predicted octanol–water partition coefficient (Wildman–Crippen LogP) is 3.38. The van der Waals surface area contributed by atoms with Crippen molar-refractivity contribution in [3.05, 3.63) is 53.1 Å². The van der Waals surface area contributed by atoms with Crippen LogP contribution in [0.4, 0.5) is 5.69 Å². The molecule has 0 unspecified atom stereocenters. The van der Waals surface area contributed by atoms with Gasteiger partial charge in [0.25, 0.3) is 5.91 Å². The average molecular weight is 370 g/mol. The Balaban J connectivity index is 2.19. The quantitative estimate of drug-likeness (QED) is 0.810. The molecule has 0 spiro atoms. The molecule has 2 aromatic carbocycles. The van der Waals surface area contributed by atoms with Crippen molar-refractivity contribution in [2.75, 3.05) is 26.1 Å². The molecule has 0 bridgehead atoms. The number of ether oxygens (including phenoxy) is 2. The zero-order valence-electron chi connectivity index (χ0n) is 15.5. The fourth-order valence-electron chi connectivity index (χ4n) is 3.40. The second-order valence-corrected chi connectivity index (χ2v) is 6.16. The number of aromatic carboxylic acids is 1. The van der Waals surface area contributed by atoms with Crippen molar-refractivity contribution in [3.63, 3.8) is 0 Å². The summed E-state index contributed by atoms with van der Waals surface area (Å²) >= 11 is 0. The summed E-state index contributed by atoms with van der Waals surface area (Å²) < 4.78 is 10.5. The molecule has 7 heteroatoms. The number of hydrogen-bond acceptors (Lipinski definition) is 5. The van der Waals surface area contributed by atoms with Gasteiger partial charge in [-0.3, -0.25) is 4.79 Å². The minimum absolute atomic E-state index is 0.0253. The van der Waals surface area contributed by atoms with Gasteiger partial charge in [0.15, 0.2) is 11.5 Å². The van der Waals surface area contributed by atoms with E-state index in [2.05, 4.69) is 5.32 Å². The van der Waals surface area contributed by atoms with Gasteiger partial charge in [-0.05, 0) is 24.6 Å². The smallest absolute Gasteiger partial charge is 0.340 e. The molecule has 0 radical (unpaired) electrons. The number of para-hydroxylation sites is 1. The summed E-state index contributed by atoms with van der Waals surface area (Å²) in [6, 6.07) is 10.5. The fourth-order valence-corrected chi connectivity index (χ4v) is 3.40. The maximum atomic E-state index is 13.0. The Morgan fingerprint density at radius 1 is 1.19 bits per heavy atom. The summed E-state index contributed by atoms with van der Waals surface area (Å²) in [6.07, 6.45) is 0.111. The third-order valence-corrected chi connectivity index (χ3v) is 4.57. The van der Waals surface area contributed by atoms with Crippen LogP contribution in [0, 0.1) is 0 Å². The van der Waals surface area contributed by atoms with Crippen LogP contribution < -0.4 is 14.8 Å². The second-order valence-electron chi connectivity index (χ2n) is 6.16. The molecule has 7 nitrogen and oxygen atoms in total. The number of benzene rings is 2. The predicted molar refractivity (Wildman–Crippen MR) is 101 cm³/mol. The molecule has 0 saturated carbocycles. The Bertz CT molecular complexity index is 881. The van der Waals surface area contributed by atoms with E-state index in [1.807, 2.05) is 25.1 Å². The number of carboxylic acid groups (broad SMARTS) is 1. The van der Waals surface area contributed by atoms with E-state index in [0.29, 0.717) is 29.1 Å². The number of hydrogen-bond donors (Lipinski definition) is 2. The first kappa shape index (κ1) is 18.6. The first-order valence-corrected chi connectivity index (χ1v) is 8.68. The number of fused-ring (bicyclic) bond motifs is 1. The van der Waals surface area contributed by atoms with Gasteiger partial charge in [0, 0.05) is 17.8 Å². The number of carboxylic acids is 1. The number of amides is 1. The molecular formula is C20H22N2O5. The number of nitrogens with one attached hydrogen (secondary N) is 1. The van der Waals surface area contributed by atoms with E-state index in [1.165, 1.54) is 14.2 Å². The average Bonchev–Trinajstić information content (AvgIpc) is 2.68. The first-order chi connectivity index (χ1) is 13.0. The lowest BCUT2D eigenvalue weighted by Gasteiger charge is -2.38. The topological polar surface area (TPSA) is 88.1 Å². The highest BCUT2D eigenvalue weighted by Gasteiger charge is 2.36. The molecule has 1 amide bonds. The summed E-state index contributed by atoms with van der Waals surface area (Å²) in [4.78, 5) is 26.7. The zero-order valence-corrected chi connectivity index (χ0v) is 15.5. The van der Waals surface area contributed by atoms with Gasteiger partial charge in [-0.25, -0.2) is 4.79 Å². The molecule has 0 aliphatic carbocycles. The molecule has 27 heavy (non-hydrogen) atoms. The molecule has 0 fully saturated rings. The number of nitrogens with zero attached hydrogens (tertiary/aromatic N) is 1. The van der Waals surface area contributed by atoms with E-state index in [0.717, 1.165) is 6.42 Å². The maximum absolute atomic E-state index is 13.0. The molecule has 1 aliphatic heterocycles. The van der Waals surface area contributed by atoms with Crippen molar-refractivity contribution in [1.29, 1.82) is 0 Å². The Morgan fingerprint density at radius 3 is 2.56 bits per heavy atom. The van der Waals surface area contributed by atoms with Crippen LogP contribution in [-0.4, -0.2) is 42.6 Å². The molecule has 1 atom stereocenters. The normalized spacial score (nSPS) is 15.7. The lowest BCUT2D eigenvalue weighted by Crippen LogP contribution is -2.43. The summed E-state index contributed by atoms with van der Waals surface area (Å²) in [5, 5.41) is 13.1. The Morgan fingerprint density at radius 2 is 1.93 bits per heavy atom. The third-order valence-electron chi connectivity index (χ3n) is 4.57.